The van der Waals surface area contributed by atoms with Crippen LogP contribution < -0.4 is 10.6 Å². The maximum absolute atomic E-state index is 13.5. The van der Waals surface area contributed by atoms with E-state index >= 15 is 0 Å². The summed E-state index contributed by atoms with van der Waals surface area (Å²) in [7, 11) is 1.70. The van der Waals surface area contributed by atoms with Crippen LogP contribution in [-0.2, 0) is 0 Å². The summed E-state index contributed by atoms with van der Waals surface area (Å²) in [6.45, 7) is 1.85. The molecule has 1 heterocycles. The molecule has 1 aliphatic rings. The van der Waals surface area contributed by atoms with E-state index in [4.69, 9.17) is 0 Å². The van der Waals surface area contributed by atoms with Crippen molar-refractivity contribution < 1.29 is 13.2 Å². The van der Waals surface area contributed by atoms with Gasteiger partial charge in [-0.3, -0.25) is 9.89 Å². The van der Waals surface area contributed by atoms with Gasteiger partial charge in [0.15, 0.2) is 5.96 Å². The molecule has 8 heteroatoms. The Balaban J connectivity index is 1.65. The Kier molecular flexibility index (Phi) is 8.40. The van der Waals surface area contributed by atoms with Crippen LogP contribution in [0.3, 0.4) is 0 Å². The van der Waals surface area contributed by atoms with Crippen molar-refractivity contribution >= 4 is 17.7 Å². The number of nitrogens with zero attached hydrogens (tertiary/aromatic N) is 2. The van der Waals surface area contributed by atoms with Crippen LogP contribution in [0.4, 0.5) is 13.2 Å². The Morgan fingerprint density at radius 2 is 2.04 bits per heavy atom. The summed E-state index contributed by atoms with van der Waals surface area (Å²) >= 11 is 1.45. The van der Waals surface area contributed by atoms with Crippen molar-refractivity contribution in [3.8, 4) is 0 Å². The monoisotopic (exact) mass is 374 g/mol. The second kappa shape index (κ2) is 10.6. The van der Waals surface area contributed by atoms with Crippen molar-refractivity contribution in [1.29, 1.82) is 0 Å². The van der Waals surface area contributed by atoms with Gasteiger partial charge >= 0.3 is 0 Å². The lowest BCUT2D eigenvalue weighted by atomic mass is 10.1. The number of thioether (sulfide) groups is 1. The molecule has 1 aromatic carbocycles. The van der Waals surface area contributed by atoms with Crippen LogP contribution in [0.5, 0.6) is 0 Å². The largest absolute Gasteiger partial charge is 0.356 e. The fraction of sp³-hybridized carbons (Fsp3) is 0.588. The highest BCUT2D eigenvalue weighted by Gasteiger charge is 2.21. The lowest BCUT2D eigenvalue weighted by Gasteiger charge is -2.32. The van der Waals surface area contributed by atoms with E-state index < -0.39 is 6.43 Å². The molecule has 1 aliphatic heterocycles. The molecule has 2 rings (SSSR count). The van der Waals surface area contributed by atoms with E-state index in [1.165, 1.54) is 17.8 Å². The van der Waals surface area contributed by atoms with Crippen LogP contribution >= 0.6 is 11.8 Å². The summed E-state index contributed by atoms with van der Waals surface area (Å²) in [6.07, 6.45) is -0.639. The average molecular weight is 374 g/mol. The van der Waals surface area contributed by atoms with Crippen LogP contribution in [0.2, 0.25) is 0 Å². The van der Waals surface area contributed by atoms with Gasteiger partial charge in [0.25, 0.3) is 6.43 Å². The third kappa shape index (κ3) is 7.15. The highest BCUT2D eigenvalue weighted by atomic mass is 32.2. The zero-order valence-electron chi connectivity index (χ0n) is 14.4. The molecule has 2 N–H and O–H groups in total. The molecule has 0 aliphatic carbocycles. The molecule has 0 unspecified atom stereocenters. The molecule has 0 aromatic heterocycles. The summed E-state index contributed by atoms with van der Waals surface area (Å²) in [5.41, 5.74) is 0. The lowest BCUT2D eigenvalue weighted by Crippen LogP contribution is -2.49. The number of halogens is 3. The highest BCUT2D eigenvalue weighted by Crippen LogP contribution is 2.20. The van der Waals surface area contributed by atoms with E-state index in [1.807, 2.05) is 6.07 Å². The first-order chi connectivity index (χ1) is 12.1. The number of benzene rings is 1. The first-order valence-corrected chi connectivity index (χ1v) is 9.42. The fourth-order valence-corrected chi connectivity index (χ4v) is 3.54. The molecule has 0 amide bonds. The van der Waals surface area contributed by atoms with E-state index in [-0.39, 0.29) is 18.4 Å². The Morgan fingerprint density at radius 1 is 1.32 bits per heavy atom. The highest BCUT2D eigenvalue weighted by molar-refractivity contribution is 7.99. The number of hydrogen-bond donors (Lipinski definition) is 2. The van der Waals surface area contributed by atoms with Gasteiger partial charge in [-0.15, -0.1) is 11.8 Å². The Labute approximate surface area is 151 Å². The fourth-order valence-electron chi connectivity index (χ4n) is 2.74. The van der Waals surface area contributed by atoms with Gasteiger partial charge in [-0.05, 0) is 25.0 Å². The predicted molar refractivity (Wildman–Crippen MR) is 97.1 cm³/mol. The summed E-state index contributed by atoms with van der Waals surface area (Å²) in [4.78, 5) is 6.62. The quantitative estimate of drug-likeness (QED) is 0.333. The van der Waals surface area contributed by atoms with Gasteiger partial charge in [-0.2, -0.15) is 0 Å². The van der Waals surface area contributed by atoms with E-state index in [0.717, 1.165) is 12.8 Å². The minimum atomic E-state index is -2.27. The number of rotatable bonds is 7. The van der Waals surface area contributed by atoms with Gasteiger partial charge in [-0.25, -0.2) is 13.2 Å². The number of likely N-dealkylation sites (tertiary alicyclic amines) is 1. The number of nitrogens with one attached hydrogen (secondary N) is 2. The standard InChI is InChI=1S/C17H25F3N4S/c1-21-17(22-8-11-25-15-5-3-2-4-14(15)18)23-13-6-9-24(10-7-13)12-16(19)20/h2-5,13,16H,6-12H2,1H3,(H2,21,22,23). The SMILES string of the molecule is CN=C(NCCSc1ccccc1F)NC1CCN(CC(F)F)CC1. The van der Waals surface area contributed by atoms with E-state index in [1.54, 1.807) is 24.1 Å². The molecule has 0 radical (unpaired) electrons. The third-order valence-corrected chi connectivity index (χ3v) is 5.09. The first kappa shape index (κ1) is 19.9. The average Bonchev–Trinajstić information content (AvgIpc) is 2.60. The lowest BCUT2D eigenvalue weighted by molar-refractivity contribution is 0.0744. The molecule has 0 atom stereocenters. The van der Waals surface area contributed by atoms with Crippen molar-refractivity contribution in [3.63, 3.8) is 0 Å². The van der Waals surface area contributed by atoms with Crippen molar-refractivity contribution in [2.75, 3.05) is 39.0 Å². The predicted octanol–water partition coefficient (Wildman–Crippen LogP) is 2.81. The van der Waals surface area contributed by atoms with Gasteiger partial charge in [-0.1, -0.05) is 12.1 Å². The smallest absolute Gasteiger partial charge is 0.251 e. The number of alkyl halides is 2. The van der Waals surface area contributed by atoms with Crippen molar-refractivity contribution in [2.24, 2.45) is 4.99 Å². The zero-order chi connectivity index (χ0) is 18.1. The molecule has 0 bridgehead atoms. The maximum atomic E-state index is 13.5. The van der Waals surface area contributed by atoms with Gasteiger partial charge in [0.1, 0.15) is 5.82 Å². The minimum absolute atomic E-state index is 0.146. The topological polar surface area (TPSA) is 39.7 Å². The first-order valence-electron chi connectivity index (χ1n) is 8.43. The molecule has 1 saturated heterocycles. The van der Waals surface area contributed by atoms with Crippen LogP contribution in [0.1, 0.15) is 12.8 Å². The molecule has 0 spiro atoms. The van der Waals surface area contributed by atoms with Crippen LogP contribution in [0.25, 0.3) is 0 Å². The van der Waals surface area contributed by atoms with Gasteiger partial charge in [0.2, 0.25) is 0 Å². The van der Waals surface area contributed by atoms with Crippen LogP contribution in [0.15, 0.2) is 34.2 Å². The third-order valence-electron chi connectivity index (χ3n) is 4.04. The zero-order valence-corrected chi connectivity index (χ0v) is 15.2. The van der Waals surface area contributed by atoms with Gasteiger partial charge < -0.3 is 10.6 Å². The van der Waals surface area contributed by atoms with E-state index in [9.17, 15) is 13.2 Å². The molecular formula is C17H25F3N4S. The Bertz CT molecular complexity index is 548. The number of piperidine rings is 1. The summed E-state index contributed by atoms with van der Waals surface area (Å²) < 4.78 is 38.3. The molecule has 1 aromatic rings. The molecule has 0 saturated carbocycles. The number of guanidine groups is 1. The maximum Gasteiger partial charge on any atom is 0.251 e. The Hall–Kier alpha value is -1.41. The summed E-state index contributed by atoms with van der Waals surface area (Å²) in [5.74, 6) is 1.21. The van der Waals surface area contributed by atoms with Gasteiger partial charge in [0, 0.05) is 43.4 Å². The Morgan fingerprint density at radius 3 is 2.68 bits per heavy atom. The molecule has 25 heavy (non-hydrogen) atoms. The molecule has 1 fully saturated rings. The van der Waals surface area contributed by atoms with Gasteiger partial charge in [0.05, 0.1) is 6.54 Å². The normalized spacial score (nSPS) is 17.1. The number of aliphatic imine (C=N–C) groups is 1. The second-order valence-corrected chi connectivity index (χ2v) is 7.02. The molecule has 140 valence electrons. The van der Waals surface area contributed by atoms with Crippen LogP contribution in [-0.4, -0.2) is 62.3 Å². The minimum Gasteiger partial charge on any atom is -0.356 e. The van der Waals surface area contributed by atoms with E-state index in [0.29, 0.717) is 36.2 Å². The van der Waals surface area contributed by atoms with E-state index in [2.05, 4.69) is 15.6 Å². The summed E-state index contributed by atoms with van der Waals surface area (Å²) in [6, 6.07) is 6.95. The van der Waals surface area contributed by atoms with Crippen molar-refractivity contribution in [3.05, 3.63) is 30.1 Å². The van der Waals surface area contributed by atoms with Crippen LogP contribution in [0, 0.1) is 5.82 Å². The van der Waals surface area contributed by atoms with Crippen molar-refractivity contribution in [2.45, 2.75) is 30.2 Å². The summed E-state index contributed by atoms with van der Waals surface area (Å²) in [5, 5.41) is 6.54. The van der Waals surface area contributed by atoms with Crippen molar-refractivity contribution in [1.82, 2.24) is 15.5 Å². The molecular weight excluding hydrogens is 349 g/mol. The number of hydrogen-bond acceptors (Lipinski definition) is 3. The molecule has 4 nitrogen and oxygen atoms in total. The second-order valence-electron chi connectivity index (χ2n) is 5.89.